The summed E-state index contributed by atoms with van der Waals surface area (Å²) in [5.74, 6) is 0.719. The largest absolute Gasteiger partial charge is 0.480 e. The van der Waals surface area contributed by atoms with Crippen molar-refractivity contribution in [1.82, 2.24) is 9.97 Å². The Hall–Kier alpha value is -1.69. The van der Waals surface area contributed by atoms with Gasteiger partial charge in [-0.3, -0.25) is 0 Å². The molecule has 6 heteroatoms. The summed E-state index contributed by atoms with van der Waals surface area (Å²) in [5.41, 5.74) is 1.07. The van der Waals surface area contributed by atoms with Gasteiger partial charge in [-0.25, -0.2) is 14.8 Å². The summed E-state index contributed by atoms with van der Waals surface area (Å²) in [6.07, 6.45) is 0.559. The highest BCUT2D eigenvalue weighted by atomic mass is 32.1. The highest BCUT2D eigenvalue weighted by Gasteiger charge is 2.21. The molecule has 0 aliphatic heterocycles. The number of nitrogens with zero attached hydrogens (tertiary/aromatic N) is 2. The monoisotopic (exact) mass is 293 g/mol. The number of nitrogens with one attached hydrogen (secondary N) is 1. The van der Waals surface area contributed by atoms with E-state index in [9.17, 15) is 9.90 Å². The third kappa shape index (κ3) is 3.07. The van der Waals surface area contributed by atoms with E-state index >= 15 is 0 Å². The molecule has 0 aromatic carbocycles. The van der Waals surface area contributed by atoms with Gasteiger partial charge in [0.15, 0.2) is 0 Å². The summed E-state index contributed by atoms with van der Waals surface area (Å²) in [6, 6.07) is -0.633. The van der Waals surface area contributed by atoms with Gasteiger partial charge in [0.25, 0.3) is 0 Å². The molecular weight excluding hydrogens is 274 g/mol. The van der Waals surface area contributed by atoms with Crippen molar-refractivity contribution in [1.29, 1.82) is 0 Å². The van der Waals surface area contributed by atoms with E-state index in [2.05, 4.69) is 15.3 Å². The number of carboxylic acid groups (broad SMARTS) is 1. The molecule has 2 N–H and O–H groups in total. The molecule has 2 rings (SSSR count). The minimum absolute atomic E-state index is 0.297. The second-order valence-corrected chi connectivity index (χ2v) is 6.24. The third-order valence-corrected chi connectivity index (χ3v) is 4.04. The summed E-state index contributed by atoms with van der Waals surface area (Å²) >= 11 is 1.55. The summed E-state index contributed by atoms with van der Waals surface area (Å²) in [4.78, 5) is 21.1. The van der Waals surface area contributed by atoms with Crippen molar-refractivity contribution in [3.05, 3.63) is 16.8 Å². The van der Waals surface area contributed by atoms with E-state index < -0.39 is 12.0 Å². The lowest BCUT2D eigenvalue weighted by molar-refractivity contribution is -0.138. The minimum atomic E-state index is -0.851. The van der Waals surface area contributed by atoms with Crippen LogP contribution in [0.25, 0.3) is 10.2 Å². The Balaban J connectivity index is 2.41. The molecule has 0 fully saturated rings. The van der Waals surface area contributed by atoms with Crippen molar-refractivity contribution in [3.63, 3.8) is 0 Å². The van der Waals surface area contributed by atoms with E-state index in [-0.39, 0.29) is 0 Å². The standard InChI is InChI=1S/C14H19N3O2S/c1-7(2)5-10(14(18)19)17-12-11-8(3)6-20-13(11)16-9(4)15-12/h6-7,10H,5H2,1-4H3,(H,18,19)(H,15,16,17). The molecule has 0 aliphatic rings. The Morgan fingerprint density at radius 3 is 2.70 bits per heavy atom. The molecule has 2 aromatic rings. The van der Waals surface area contributed by atoms with E-state index in [0.717, 1.165) is 15.8 Å². The zero-order valence-corrected chi connectivity index (χ0v) is 12.9. The fraction of sp³-hybridized carbons (Fsp3) is 0.500. The molecule has 5 nitrogen and oxygen atoms in total. The van der Waals surface area contributed by atoms with Crippen LogP contribution in [0.1, 0.15) is 31.7 Å². The molecule has 0 bridgehead atoms. The number of carbonyl (C=O) groups is 1. The first-order valence-electron chi connectivity index (χ1n) is 6.60. The second-order valence-electron chi connectivity index (χ2n) is 5.38. The topological polar surface area (TPSA) is 75.1 Å². The van der Waals surface area contributed by atoms with Gasteiger partial charge >= 0.3 is 5.97 Å². The van der Waals surface area contributed by atoms with Crippen molar-refractivity contribution in [2.45, 2.75) is 40.2 Å². The number of carboxylic acids is 1. The quantitative estimate of drug-likeness (QED) is 0.885. The first kappa shape index (κ1) is 14.7. The SMILES string of the molecule is Cc1nc(NC(CC(C)C)C(=O)O)c2c(C)csc2n1. The van der Waals surface area contributed by atoms with Crippen LogP contribution in [0.15, 0.2) is 5.38 Å². The molecule has 0 saturated heterocycles. The van der Waals surface area contributed by atoms with Gasteiger partial charge in [0.2, 0.25) is 0 Å². The van der Waals surface area contributed by atoms with Crippen LogP contribution in [-0.2, 0) is 4.79 Å². The molecule has 2 heterocycles. The first-order valence-corrected chi connectivity index (χ1v) is 7.48. The summed E-state index contributed by atoms with van der Waals surface area (Å²) < 4.78 is 0. The number of aromatic nitrogens is 2. The summed E-state index contributed by atoms with van der Waals surface area (Å²) in [7, 11) is 0. The van der Waals surface area contributed by atoms with Crippen molar-refractivity contribution < 1.29 is 9.90 Å². The molecule has 0 spiro atoms. The zero-order chi connectivity index (χ0) is 14.9. The number of rotatable bonds is 5. The van der Waals surface area contributed by atoms with E-state index in [1.54, 1.807) is 11.3 Å². The van der Waals surface area contributed by atoms with Gasteiger partial charge in [-0.2, -0.15) is 0 Å². The third-order valence-electron chi connectivity index (χ3n) is 3.05. The Bertz CT molecular complexity index is 637. The van der Waals surface area contributed by atoms with Crippen LogP contribution in [0, 0.1) is 19.8 Å². The number of thiophene rings is 1. The second kappa shape index (κ2) is 5.75. The molecule has 20 heavy (non-hydrogen) atoms. The zero-order valence-electron chi connectivity index (χ0n) is 12.1. The van der Waals surface area contributed by atoms with E-state index in [1.165, 1.54) is 0 Å². The van der Waals surface area contributed by atoms with E-state index in [1.807, 2.05) is 33.1 Å². The van der Waals surface area contributed by atoms with E-state index in [0.29, 0.717) is 24.0 Å². The Labute approximate surface area is 122 Å². The lowest BCUT2D eigenvalue weighted by Gasteiger charge is -2.18. The number of hydrogen-bond acceptors (Lipinski definition) is 5. The molecule has 0 amide bonds. The Morgan fingerprint density at radius 2 is 2.10 bits per heavy atom. The van der Waals surface area contributed by atoms with Crippen molar-refractivity contribution in [2.24, 2.45) is 5.92 Å². The predicted octanol–water partition coefficient (Wildman–Crippen LogP) is 3.22. The van der Waals surface area contributed by atoms with Gasteiger partial charge < -0.3 is 10.4 Å². The maximum atomic E-state index is 11.4. The van der Waals surface area contributed by atoms with Gasteiger partial charge in [0, 0.05) is 0 Å². The molecule has 0 radical (unpaired) electrons. The van der Waals surface area contributed by atoms with Gasteiger partial charge in [-0.1, -0.05) is 13.8 Å². The maximum absolute atomic E-state index is 11.4. The predicted molar refractivity (Wildman–Crippen MR) is 81.4 cm³/mol. The van der Waals surface area contributed by atoms with Crippen LogP contribution in [-0.4, -0.2) is 27.1 Å². The van der Waals surface area contributed by atoms with Gasteiger partial charge in [-0.05, 0) is 37.1 Å². The van der Waals surface area contributed by atoms with Crippen LogP contribution in [0.4, 0.5) is 5.82 Å². The fourth-order valence-corrected chi connectivity index (χ4v) is 3.12. The van der Waals surface area contributed by atoms with Crippen LogP contribution in [0.3, 0.4) is 0 Å². The van der Waals surface area contributed by atoms with Gasteiger partial charge in [-0.15, -0.1) is 11.3 Å². The average molecular weight is 293 g/mol. The lowest BCUT2D eigenvalue weighted by atomic mass is 10.0. The van der Waals surface area contributed by atoms with Crippen molar-refractivity contribution >= 4 is 33.3 Å². The molecule has 1 unspecified atom stereocenters. The minimum Gasteiger partial charge on any atom is -0.480 e. The molecule has 0 saturated carbocycles. The van der Waals surface area contributed by atoms with Gasteiger partial charge in [0.1, 0.15) is 22.5 Å². The molecule has 2 aromatic heterocycles. The van der Waals surface area contributed by atoms with Gasteiger partial charge in [0.05, 0.1) is 5.39 Å². The maximum Gasteiger partial charge on any atom is 0.326 e. The number of aliphatic carboxylic acids is 1. The average Bonchev–Trinajstić information content (AvgIpc) is 2.69. The molecule has 0 aliphatic carbocycles. The van der Waals surface area contributed by atoms with E-state index in [4.69, 9.17) is 0 Å². The van der Waals surface area contributed by atoms with Crippen LogP contribution >= 0.6 is 11.3 Å². The fourth-order valence-electron chi connectivity index (χ4n) is 2.15. The highest BCUT2D eigenvalue weighted by Crippen LogP contribution is 2.30. The van der Waals surface area contributed by atoms with Crippen molar-refractivity contribution in [3.8, 4) is 0 Å². The van der Waals surface area contributed by atoms with Crippen LogP contribution < -0.4 is 5.32 Å². The normalized spacial score (nSPS) is 12.8. The number of anilines is 1. The summed E-state index contributed by atoms with van der Waals surface area (Å²) in [6.45, 7) is 7.82. The molecule has 1 atom stereocenters. The van der Waals surface area contributed by atoms with Crippen molar-refractivity contribution in [2.75, 3.05) is 5.32 Å². The Kier molecular flexibility index (Phi) is 4.23. The number of hydrogen-bond donors (Lipinski definition) is 2. The Morgan fingerprint density at radius 1 is 1.40 bits per heavy atom. The lowest BCUT2D eigenvalue weighted by Crippen LogP contribution is -2.31. The smallest absolute Gasteiger partial charge is 0.326 e. The highest BCUT2D eigenvalue weighted by molar-refractivity contribution is 7.17. The number of aryl methyl sites for hydroxylation is 2. The number of fused-ring (bicyclic) bond motifs is 1. The molecular formula is C14H19N3O2S. The summed E-state index contributed by atoms with van der Waals surface area (Å²) in [5, 5.41) is 15.4. The first-order chi connectivity index (χ1) is 9.38. The molecule has 108 valence electrons. The van der Waals surface area contributed by atoms with Crippen LogP contribution in [0.2, 0.25) is 0 Å². The van der Waals surface area contributed by atoms with Crippen LogP contribution in [0.5, 0.6) is 0 Å².